The second-order valence-electron chi connectivity index (χ2n) is 5.55. The number of methoxy groups -OCH3 is 1. The molecule has 1 aromatic carbocycles. The lowest BCUT2D eigenvalue weighted by Gasteiger charge is -2.12. The third-order valence-corrected chi connectivity index (χ3v) is 3.67. The van der Waals surface area contributed by atoms with E-state index in [4.69, 9.17) is 9.84 Å². The standard InChI is InChI=1S/C18H25NO4/c1-5-6-7-16(18(21)22)19-17(20)9-8-15-12(2)10-14(23-4)11-13(15)3/h8-11,16H,5-7H2,1-4H3,(H,19,20)(H,21,22)/b9-8+. The van der Waals surface area contributed by atoms with E-state index in [0.717, 1.165) is 35.3 Å². The van der Waals surface area contributed by atoms with Gasteiger partial charge in [-0.3, -0.25) is 4.79 Å². The van der Waals surface area contributed by atoms with E-state index in [2.05, 4.69) is 5.32 Å². The van der Waals surface area contributed by atoms with Gasteiger partial charge in [0, 0.05) is 6.08 Å². The molecule has 2 N–H and O–H groups in total. The first-order valence-electron chi connectivity index (χ1n) is 7.75. The maximum atomic E-state index is 12.0. The van der Waals surface area contributed by atoms with Gasteiger partial charge in [0.25, 0.3) is 0 Å². The van der Waals surface area contributed by atoms with E-state index >= 15 is 0 Å². The van der Waals surface area contributed by atoms with Crippen LogP contribution in [0, 0.1) is 13.8 Å². The number of hydrogen-bond donors (Lipinski definition) is 2. The molecule has 1 unspecified atom stereocenters. The Hall–Kier alpha value is -2.30. The van der Waals surface area contributed by atoms with Crippen molar-refractivity contribution in [3.05, 3.63) is 34.9 Å². The van der Waals surface area contributed by atoms with Crippen molar-refractivity contribution in [3.8, 4) is 5.75 Å². The fourth-order valence-corrected chi connectivity index (χ4v) is 2.36. The van der Waals surface area contributed by atoms with Crippen LogP contribution in [-0.2, 0) is 9.59 Å². The number of unbranched alkanes of at least 4 members (excludes halogenated alkanes) is 1. The lowest BCUT2D eigenvalue weighted by atomic mass is 10.0. The van der Waals surface area contributed by atoms with E-state index in [1.54, 1.807) is 13.2 Å². The molecule has 0 aliphatic heterocycles. The van der Waals surface area contributed by atoms with Gasteiger partial charge in [-0.25, -0.2) is 4.79 Å². The van der Waals surface area contributed by atoms with Crippen LogP contribution in [0.1, 0.15) is 42.9 Å². The zero-order valence-corrected chi connectivity index (χ0v) is 14.2. The number of nitrogens with one attached hydrogen (secondary N) is 1. The first-order valence-corrected chi connectivity index (χ1v) is 7.75. The number of carbonyl (C=O) groups is 2. The number of carboxylic acid groups (broad SMARTS) is 1. The lowest BCUT2D eigenvalue weighted by Crippen LogP contribution is -2.39. The molecule has 126 valence electrons. The number of carbonyl (C=O) groups excluding carboxylic acids is 1. The van der Waals surface area contributed by atoms with Crippen LogP contribution in [0.4, 0.5) is 0 Å². The predicted octanol–water partition coefficient (Wildman–Crippen LogP) is 3.08. The zero-order valence-electron chi connectivity index (χ0n) is 14.2. The van der Waals surface area contributed by atoms with Crippen molar-refractivity contribution in [3.63, 3.8) is 0 Å². The van der Waals surface area contributed by atoms with Crippen LogP contribution in [0.3, 0.4) is 0 Å². The van der Waals surface area contributed by atoms with Gasteiger partial charge in [0.05, 0.1) is 7.11 Å². The Morgan fingerprint density at radius 2 is 1.91 bits per heavy atom. The average Bonchev–Trinajstić information content (AvgIpc) is 2.49. The van der Waals surface area contributed by atoms with Gasteiger partial charge in [-0.1, -0.05) is 19.8 Å². The highest BCUT2D eigenvalue weighted by Gasteiger charge is 2.17. The van der Waals surface area contributed by atoms with E-state index in [1.165, 1.54) is 6.08 Å². The Bertz CT molecular complexity index is 570. The number of amides is 1. The number of rotatable bonds is 8. The summed E-state index contributed by atoms with van der Waals surface area (Å²) in [5.74, 6) is -0.632. The summed E-state index contributed by atoms with van der Waals surface area (Å²) in [5.41, 5.74) is 2.92. The molecule has 0 saturated carbocycles. The van der Waals surface area contributed by atoms with Crippen molar-refractivity contribution >= 4 is 18.0 Å². The van der Waals surface area contributed by atoms with Crippen molar-refractivity contribution in [2.45, 2.75) is 46.1 Å². The maximum Gasteiger partial charge on any atom is 0.326 e. The topological polar surface area (TPSA) is 75.6 Å². The summed E-state index contributed by atoms with van der Waals surface area (Å²) in [6.07, 6.45) is 5.17. The number of hydrogen-bond acceptors (Lipinski definition) is 3. The van der Waals surface area contributed by atoms with Crippen molar-refractivity contribution < 1.29 is 19.4 Å². The summed E-state index contributed by atoms with van der Waals surface area (Å²) < 4.78 is 5.20. The second-order valence-corrected chi connectivity index (χ2v) is 5.55. The number of carboxylic acids is 1. The minimum atomic E-state index is -1.00. The molecule has 1 aromatic rings. The zero-order chi connectivity index (χ0) is 17.4. The molecule has 5 heteroatoms. The van der Waals surface area contributed by atoms with E-state index in [-0.39, 0.29) is 0 Å². The van der Waals surface area contributed by atoms with Crippen LogP contribution in [0.5, 0.6) is 5.75 Å². The summed E-state index contributed by atoms with van der Waals surface area (Å²) in [7, 11) is 1.61. The SMILES string of the molecule is CCCCC(NC(=O)/C=C/c1c(C)cc(OC)cc1C)C(=O)O. The number of aliphatic carboxylic acids is 1. The third-order valence-electron chi connectivity index (χ3n) is 3.67. The first kappa shape index (κ1) is 18.7. The molecule has 0 heterocycles. The second kappa shape index (κ2) is 8.98. The Morgan fingerprint density at radius 1 is 1.30 bits per heavy atom. The molecule has 23 heavy (non-hydrogen) atoms. The summed E-state index contributed by atoms with van der Waals surface area (Å²) in [5, 5.41) is 11.7. The van der Waals surface area contributed by atoms with Gasteiger partial charge in [-0.2, -0.15) is 0 Å². The lowest BCUT2D eigenvalue weighted by molar-refractivity contribution is -0.141. The maximum absolute atomic E-state index is 12.0. The van der Waals surface area contributed by atoms with Crippen molar-refractivity contribution in [2.24, 2.45) is 0 Å². The van der Waals surface area contributed by atoms with Crippen LogP contribution < -0.4 is 10.1 Å². The molecule has 0 aromatic heterocycles. The Morgan fingerprint density at radius 3 is 2.39 bits per heavy atom. The van der Waals surface area contributed by atoms with Gasteiger partial charge >= 0.3 is 5.97 Å². The molecular formula is C18H25NO4. The highest BCUT2D eigenvalue weighted by molar-refractivity contribution is 5.94. The molecule has 0 bridgehead atoms. The van der Waals surface area contributed by atoms with E-state index < -0.39 is 17.9 Å². The molecule has 0 aliphatic carbocycles. The van der Waals surface area contributed by atoms with Crippen LogP contribution in [0.25, 0.3) is 6.08 Å². The summed E-state index contributed by atoms with van der Waals surface area (Å²) in [6, 6.07) is 2.95. The molecule has 0 saturated heterocycles. The Balaban J connectivity index is 2.80. The minimum absolute atomic E-state index is 0.400. The fraction of sp³-hybridized carbons (Fsp3) is 0.444. The third kappa shape index (κ3) is 5.77. The van der Waals surface area contributed by atoms with Gasteiger partial charge in [0.2, 0.25) is 5.91 Å². The summed E-state index contributed by atoms with van der Waals surface area (Å²) in [4.78, 5) is 23.1. The molecule has 5 nitrogen and oxygen atoms in total. The molecule has 0 spiro atoms. The molecule has 1 atom stereocenters. The van der Waals surface area contributed by atoms with Crippen molar-refractivity contribution in [1.82, 2.24) is 5.32 Å². The normalized spacial score (nSPS) is 12.2. The predicted molar refractivity (Wildman–Crippen MR) is 90.6 cm³/mol. The molecule has 0 fully saturated rings. The highest BCUT2D eigenvalue weighted by Crippen LogP contribution is 2.22. The molecule has 0 aliphatic rings. The number of benzene rings is 1. The van der Waals surface area contributed by atoms with Gasteiger partial charge in [0.15, 0.2) is 0 Å². The smallest absolute Gasteiger partial charge is 0.326 e. The summed E-state index contributed by atoms with van der Waals surface area (Å²) >= 11 is 0. The monoisotopic (exact) mass is 319 g/mol. The van der Waals surface area contributed by atoms with Crippen LogP contribution in [-0.4, -0.2) is 30.1 Å². The first-order chi connectivity index (χ1) is 10.9. The molecule has 1 rings (SSSR count). The summed E-state index contributed by atoms with van der Waals surface area (Å²) in [6.45, 7) is 5.86. The van der Waals surface area contributed by atoms with E-state index in [9.17, 15) is 9.59 Å². The number of aryl methyl sites for hydroxylation is 2. The van der Waals surface area contributed by atoms with Crippen LogP contribution >= 0.6 is 0 Å². The van der Waals surface area contributed by atoms with Gasteiger partial charge in [-0.05, 0) is 55.2 Å². The highest BCUT2D eigenvalue weighted by atomic mass is 16.5. The van der Waals surface area contributed by atoms with E-state index in [1.807, 2.05) is 32.9 Å². The largest absolute Gasteiger partial charge is 0.497 e. The number of ether oxygens (including phenoxy) is 1. The Kier molecular flexibility index (Phi) is 7.32. The van der Waals surface area contributed by atoms with Gasteiger partial charge in [0.1, 0.15) is 11.8 Å². The fourth-order valence-electron chi connectivity index (χ4n) is 2.36. The van der Waals surface area contributed by atoms with Crippen LogP contribution in [0.2, 0.25) is 0 Å². The van der Waals surface area contributed by atoms with Gasteiger partial charge < -0.3 is 15.2 Å². The quantitative estimate of drug-likeness (QED) is 0.722. The average molecular weight is 319 g/mol. The molecule has 1 amide bonds. The Labute approximate surface area is 137 Å². The van der Waals surface area contributed by atoms with E-state index in [0.29, 0.717) is 6.42 Å². The molecule has 0 radical (unpaired) electrons. The van der Waals surface area contributed by atoms with Crippen LogP contribution in [0.15, 0.2) is 18.2 Å². The van der Waals surface area contributed by atoms with Gasteiger partial charge in [-0.15, -0.1) is 0 Å². The van der Waals surface area contributed by atoms with Crippen molar-refractivity contribution in [1.29, 1.82) is 0 Å². The molecular weight excluding hydrogens is 294 g/mol. The minimum Gasteiger partial charge on any atom is -0.497 e. The van der Waals surface area contributed by atoms with Crippen molar-refractivity contribution in [2.75, 3.05) is 7.11 Å².